The summed E-state index contributed by atoms with van der Waals surface area (Å²) in [5.41, 5.74) is 1.44. The molecule has 1 aliphatic rings. The van der Waals surface area contributed by atoms with E-state index < -0.39 is 28.3 Å². The van der Waals surface area contributed by atoms with Gasteiger partial charge in [-0.3, -0.25) is 0 Å². The molecule has 0 atom stereocenters. The molecule has 3 aromatic rings. The van der Waals surface area contributed by atoms with E-state index in [4.69, 9.17) is 0 Å². The standard InChI is InChI=1S/C15H16Si.C6H5.Sb/c1-16(2,3)12-11-14-9-6-8-13-7-4-5-10-15(13)14;1-2-4-6-5-3-1;/h4-9,11H,1-3H3;1-5H;. The maximum atomic E-state index is 2.57. The molecule has 1 aliphatic heterocycles. The number of hydrogen-bond acceptors (Lipinski definition) is 0. The van der Waals surface area contributed by atoms with Gasteiger partial charge in [0.15, 0.2) is 0 Å². The molecule has 0 fully saturated rings. The normalized spacial score (nSPS) is 14.8. The minimum atomic E-state index is -1.87. The van der Waals surface area contributed by atoms with Crippen LogP contribution in [-0.2, 0) is 0 Å². The van der Waals surface area contributed by atoms with Gasteiger partial charge in [0.1, 0.15) is 0 Å². The van der Waals surface area contributed by atoms with Crippen molar-refractivity contribution < 1.29 is 0 Å². The van der Waals surface area contributed by atoms with Gasteiger partial charge in [0.05, 0.1) is 0 Å². The molecule has 114 valence electrons. The second-order valence-corrected chi connectivity index (χ2v) is 19.6. The van der Waals surface area contributed by atoms with Crippen LogP contribution in [0.1, 0.15) is 5.56 Å². The zero-order valence-corrected chi connectivity index (χ0v) is 17.4. The van der Waals surface area contributed by atoms with Crippen LogP contribution in [0.3, 0.4) is 0 Å². The van der Waals surface area contributed by atoms with Gasteiger partial charge in [0.2, 0.25) is 0 Å². The van der Waals surface area contributed by atoms with Crippen LogP contribution in [0.15, 0.2) is 69.9 Å². The van der Waals surface area contributed by atoms with Crippen molar-refractivity contribution in [2.45, 2.75) is 19.6 Å². The van der Waals surface area contributed by atoms with Crippen molar-refractivity contribution in [2.75, 3.05) is 0 Å². The monoisotopic (exact) mass is 422 g/mol. The molecule has 0 bridgehead atoms. The molecule has 23 heavy (non-hydrogen) atoms. The molecule has 3 aromatic carbocycles. The van der Waals surface area contributed by atoms with Crippen LogP contribution >= 0.6 is 0 Å². The van der Waals surface area contributed by atoms with E-state index in [1.807, 2.05) is 3.14 Å². The molecule has 0 N–H and O–H groups in total. The van der Waals surface area contributed by atoms with Crippen LogP contribution in [0, 0.1) is 0 Å². The molecule has 0 spiro atoms. The van der Waals surface area contributed by atoms with Gasteiger partial charge >= 0.3 is 147 Å². The van der Waals surface area contributed by atoms with E-state index in [0.717, 1.165) is 0 Å². The van der Waals surface area contributed by atoms with Crippen molar-refractivity contribution in [2.24, 2.45) is 0 Å². The first kappa shape index (κ1) is 15.2. The third-order valence-corrected chi connectivity index (χ3v) is 19.9. The third kappa shape index (κ3) is 2.60. The van der Waals surface area contributed by atoms with E-state index in [1.165, 1.54) is 16.3 Å². The summed E-state index contributed by atoms with van der Waals surface area (Å²) in [5.74, 6) is 0. The molecule has 0 amide bonds. The fraction of sp³-hybridized carbons (Fsp3) is 0.143. The van der Waals surface area contributed by atoms with Crippen molar-refractivity contribution in [1.82, 2.24) is 0 Å². The van der Waals surface area contributed by atoms with Crippen LogP contribution in [0.25, 0.3) is 16.8 Å². The molecule has 4 rings (SSSR count). The summed E-state index contributed by atoms with van der Waals surface area (Å²) in [6, 6.07) is 25.0. The quantitative estimate of drug-likeness (QED) is 0.541. The maximum absolute atomic E-state index is 2.57. The van der Waals surface area contributed by atoms with Gasteiger partial charge in [-0.05, 0) is 0 Å². The summed E-state index contributed by atoms with van der Waals surface area (Å²) in [5, 5.41) is 2.92. The SMILES string of the molecule is C[Si](C)(C)[C]1=Cc2cccc3ccc[c](c23)[Sb]1[c]1ccccc1. The van der Waals surface area contributed by atoms with Gasteiger partial charge in [-0.2, -0.15) is 0 Å². The summed E-state index contributed by atoms with van der Waals surface area (Å²) in [6.45, 7) is 7.52. The Morgan fingerprint density at radius 3 is 2.13 bits per heavy atom. The summed E-state index contributed by atoms with van der Waals surface area (Å²) in [4.78, 5) is 0. The van der Waals surface area contributed by atoms with Crippen LogP contribution in [0.5, 0.6) is 0 Å². The average Bonchev–Trinajstić information content (AvgIpc) is 2.55. The van der Waals surface area contributed by atoms with Crippen LogP contribution in [0.4, 0.5) is 0 Å². The predicted molar refractivity (Wildman–Crippen MR) is 107 cm³/mol. The fourth-order valence-corrected chi connectivity index (χ4v) is 18.6. The Morgan fingerprint density at radius 2 is 1.43 bits per heavy atom. The molecule has 1 heterocycles. The van der Waals surface area contributed by atoms with Gasteiger partial charge < -0.3 is 0 Å². The van der Waals surface area contributed by atoms with Crippen LogP contribution in [0.2, 0.25) is 19.6 Å². The van der Waals surface area contributed by atoms with Gasteiger partial charge in [0, 0.05) is 0 Å². The number of benzene rings is 3. The molecule has 0 saturated carbocycles. The van der Waals surface area contributed by atoms with E-state index >= 15 is 0 Å². The Kier molecular flexibility index (Phi) is 3.74. The second kappa shape index (κ2) is 5.65. The predicted octanol–water partition coefficient (Wildman–Crippen LogP) is 4.26. The van der Waals surface area contributed by atoms with Gasteiger partial charge in [-0.25, -0.2) is 0 Å². The molecule has 0 saturated heterocycles. The molecule has 2 heteroatoms. The Hall–Kier alpha value is -1.30. The minimum absolute atomic E-state index is 1.34. The van der Waals surface area contributed by atoms with E-state index in [0.29, 0.717) is 0 Å². The molecule has 0 aromatic heterocycles. The Labute approximate surface area is 146 Å². The molecule has 0 aliphatic carbocycles. The first-order valence-electron chi connectivity index (χ1n) is 8.15. The molecular weight excluding hydrogens is 402 g/mol. The van der Waals surface area contributed by atoms with E-state index in [1.54, 1.807) is 7.02 Å². The summed E-state index contributed by atoms with van der Waals surface area (Å²) < 4.78 is 5.08. The zero-order valence-electron chi connectivity index (χ0n) is 13.9. The zero-order chi connectivity index (χ0) is 16.0. The third-order valence-electron chi connectivity index (χ3n) is 4.47. The Morgan fingerprint density at radius 1 is 0.739 bits per heavy atom. The first-order valence-corrected chi connectivity index (χ1v) is 15.5. The van der Waals surface area contributed by atoms with E-state index in [9.17, 15) is 0 Å². The van der Waals surface area contributed by atoms with Crippen LogP contribution in [-0.4, -0.2) is 28.3 Å². The topological polar surface area (TPSA) is 0 Å². The van der Waals surface area contributed by atoms with E-state index in [-0.39, 0.29) is 0 Å². The first-order chi connectivity index (χ1) is 11.1. The van der Waals surface area contributed by atoms with Gasteiger partial charge in [-0.15, -0.1) is 0 Å². The molecule has 0 radical (unpaired) electrons. The Balaban J connectivity index is 2.07. The van der Waals surface area contributed by atoms with Crippen molar-refractivity contribution in [3.8, 4) is 0 Å². The van der Waals surface area contributed by atoms with Crippen molar-refractivity contribution in [3.05, 3.63) is 75.4 Å². The summed E-state index contributed by atoms with van der Waals surface area (Å²) >= 11 is -1.87. The summed E-state index contributed by atoms with van der Waals surface area (Å²) in [7, 11) is -1.34. The van der Waals surface area contributed by atoms with Crippen molar-refractivity contribution in [3.63, 3.8) is 0 Å². The summed E-state index contributed by atoms with van der Waals surface area (Å²) in [6.07, 6.45) is 2.57. The molecular formula is C21H21SbSi. The second-order valence-electron chi connectivity index (χ2n) is 7.17. The van der Waals surface area contributed by atoms with Crippen LogP contribution < -0.4 is 7.02 Å². The van der Waals surface area contributed by atoms with Gasteiger partial charge in [0.25, 0.3) is 0 Å². The fourth-order valence-electron chi connectivity index (χ4n) is 3.41. The number of rotatable bonds is 2. The van der Waals surface area contributed by atoms with E-state index in [2.05, 4.69) is 92.4 Å². The van der Waals surface area contributed by atoms with Crippen molar-refractivity contribution >= 4 is 52.2 Å². The Bertz CT molecular complexity index is 899. The van der Waals surface area contributed by atoms with Gasteiger partial charge in [-0.1, -0.05) is 0 Å². The average molecular weight is 423 g/mol. The molecule has 0 unspecified atom stereocenters. The van der Waals surface area contributed by atoms with Crippen molar-refractivity contribution in [1.29, 1.82) is 0 Å². The number of hydrogen-bond donors (Lipinski definition) is 0. The molecule has 0 nitrogen and oxygen atoms in total.